The summed E-state index contributed by atoms with van der Waals surface area (Å²) in [7, 11) is 0. The normalized spacial score (nSPS) is 17.8. The van der Waals surface area contributed by atoms with E-state index in [1.807, 2.05) is 36.7 Å². The van der Waals surface area contributed by atoms with Crippen LogP contribution in [0.3, 0.4) is 0 Å². The monoisotopic (exact) mass is 449 g/mol. The summed E-state index contributed by atoms with van der Waals surface area (Å²) in [6.07, 6.45) is 11.9. The molecule has 178 valence electrons. The Morgan fingerprint density at radius 2 is 1.64 bits per heavy atom. The fourth-order valence-electron chi connectivity index (χ4n) is 5.20. The molecule has 0 saturated heterocycles. The zero-order valence-corrected chi connectivity index (χ0v) is 20.8. The number of rotatable bonds is 10. The van der Waals surface area contributed by atoms with Crippen LogP contribution in [0.2, 0.25) is 0 Å². The molecule has 1 N–H and O–H groups in total. The maximum Gasteiger partial charge on any atom is 0.127 e. The van der Waals surface area contributed by atoms with Crippen LogP contribution in [0.15, 0.2) is 24.3 Å². The summed E-state index contributed by atoms with van der Waals surface area (Å²) in [5, 5.41) is 18.9. The van der Waals surface area contributed by atoms with Crippen molar-refractivity contribution in [2.24, 2.45) is 0 Å². The summed E-state index contributed by atoms with van der Waals surface area (Å²) < 4.78 is 8.60. The van der Waals surface area contributed by atoms with Crippen molar-refractivity contribution in [3.05, 3.63) is 46.5 Å². The van der Waals surface area contributed by atoms with Crippen LogP contribution < -0.4 is 4.74 Å². The number of nitrogens with zero attached hydrogens (tertiary/aromatic N) is 3. The van der Waals surface area contributed by atoms with Crippen LogP contribution in [0.1, 0.15) is 87.0 Å². The van der Waals surface area contributed by atoms with E-state index in [9.17, 15) is 5.11 Å². The third-order valence-electron chi connectivity index (χ3n) is 7.59. The molecule has 0 bridgehead atoms. The summed E-state index contributed by atoms with van der Waals surface area (Å²) in [6.45, 7) is 9.29. The molecular formula is C28H39N3O2. The minimum Gasteiger partial charge on any atom is -0.507 e. The van der Waals surface area contributed by atoms with Crippen LogP contribution >= 0.6 is 0 Å². The number of aromatic hydroxyl groups is 1. The maximum atomic E-state index is 10.4. The Labute approximate surface area is 198 Å². The highest BCUT2D eigenvalue weighted by atomic mass is 16.5. The van der Waals surface area contributed by atoms with Gasteiger partial charge in [0.05, 0.1) is 5.52 Å². The summed E-state index contributed by atoms with van der Waals surface area (Å²) in [5.41, 5.74) is 6.27. The Morgan fingerprint density at radius 1 is 0.939 bits per heavy atom. The molecular weight excluding hydrogens is 410 g/mol. The SMILES string of the molecule is Cc1c(C)c2c(c(C)c1O)CC[C@@](C)(CCCCCCCCCn1nnc3ccccc31)O2. The maximum absolute atomic E-state index is 10.4. The highest BCUT2D eigenvalue weighted by Gasteiger charge is 2.34. The Balaban J connectivity index is 1.14. The second-order valence-corrected chi connectivity index (χ2v) is 10.1. The molecule has 0 spiro atoms. The Morgan fingerprint density at radius 3 is 2.42 bits per heavy atom. The quantitative estimate of drug-likeness (QED) is 0.340. The van der Waals surface area contributed by atoms with Gasteiger partial charge in [0.1, 0.15) is 22.6 Å². The van der Waals surface area contributed by atoms with Crippen molar-refractivity contribution in [3.63, 3.8) is 0 Å². The smallest absolute Gasteiger partial charge is 0.127 e. The summed E-state index contributed by atoms with van der Waals surface area (Å²) >= 11 is 0. The molecule has 2 heterocycles. The van der Waals surface area contributed by atoms with E-state index in [2.05, 4.69) is 30.2 Å². The average Bonchev–Trinajstić information content (AvgIpc) is 3.23. The Kier molecular flexibility index (Phi) is 7.26. The molecule has 4 rings (SSSR count). The van der Waals surface area contributed by atoms with Gasteiger partial charge >= 0.3 is 0 Å². The van der Waals surface area contributed by atoms with E-state index in [0.717, 1.165) is 65.7 Å². The van der Waals surface area contributed by atoms with Crippen LogP contribution in [-0.2, 0) is 13.0 Å². The fraction of sp³-hybridized carbons (Fsp3) is 0.571. The predicted octanol–water partition coefficient (Wildman–Crippen LogP) is 6.97. The van der Waals surface area contributed by atoms with Crippen molar-refractivity contribution in [3.8, 4) is 11.5 Å². The summed E-state index contributed by atoms with van der Waals surface area (Å²) in [6, 6.07) is 8.17. The number of phenolic OH excluding ortho intramolecular Hbond substituents is 1. The minimum atomic E-state index is -0.0891. The highest BCUT2D eigenvalue weighted by molar-refractivity contribution is 5.73. The molecule has 33 heavy (non-hydrogen) atoms. The first-order chi connectivity index (χ1) is 15.9. The molecule has 2 aromatic carbocycles. The molecule has 0 amide bonds. The third kappa shape index (κ3) is 5.18. The van der Waals surface area contributed by atoms with Gasteiger partial charge in [-0.2, -0.15) is 0 Å². The van der Waals surface area contributed by atoms with E-state index in [-0.39, 0.29) is 5.60 Å². The lowest BCUT2D eigenvalue weighted by molar-refractivity contribution is 0.0521. The van der Waals surface area contributed by atoms with Crippen molar-refractivity contribution >= 4 is 11.0 Å². The van der Waals surface area contributed by atoms with Crippen LogP contribution in [0.25, 0.3) is 11.0 Å². The first-order valence-electron chi connectivity index (χ1n) is 12.7. The Hall–Kier alpha value is -2.56. The molecule has 1 aromatic heterocycles. The predicted molar refractivity (Wildman–Crippen MR) is 134 cm³/mol. The lowest BCUT2D eigenvalue weighted by Gasteiger charge is -2.38. The van der Waals surface area contributed by atoms with E-state index in [4.69, 9.17) is 4.74 Å². The molecule has 1 aliphatic rings. The molecule has 0 unspecified atom stereocenters. The second-order valence-electron chi connectivity index (χ2n) is 10.1. The van der Waals surface area contributed by atoms with Crippen LogP contribution in [0, 0.1) is 20.8 Å². The van der Waals surface area contributed by atoms with E-state index < -0.39 is 0 Å². The van der Waals surface area contributed by atoms with Crippen molar-refractivity contribution in [2.75, 3.05) is 0 Å². The number of aromatic nitrogens is 3. The van der Waals surface area contributed by atoms with Gasteiger partial charge in [0.15, 0.2) is 0 Å². The fourth-order valence-corrected chi connectivity index (χ4v) is 5.20. The molecule has 1 atom stereocenters. The average molecular weight is 450 g/mol. The molecule has 0 saturated carbocycles. The molecule has 1 aliphatic heterocycles. The van der Waals surface area contributed by atoms with Crippen molar-refractivity contribution in [2.45, 2.75) is 104 Å². The van der Waals surface area contributed by atoms with Crippen LogP contribution in [0.4, 0.5) is 0 Å². The zero-order chi connectivity index (χ0) is 23.4. The summed E-state index contributed by atoms with van der Waals surface area (Å²) in [5.74, 6) is 1.46. The minimum absolute atomic E-state index is 0.0891. The van der Waals surface area contributed by atoms with Gasteiger partial charge in [0.2, 0.25) is 0 Å². The zero-order valence-electron chi connectivity index (χ0n) is 20.8. The largest absolute Gasteiger partial charge is 0.507 e. The number of aryl methyl sites for hydroxylation is 1. The van der Waals surface area contributed by atoms with Gasteiger partial charge in [-0.3, -0.25) is 0 Å². The Bertz CT molecular complexity index is 1100. The molecule has 0 radical (unpaired) electrons. The first-order valence-corrected chi connectivity index (χ1v) is 12.7. The standard InChI is InChI=1S/C28H39N3O2/c1-20-21(2)27-23(22(3)26(20)32)16-18-28(4,33-27)17-12-8-6-5-7-9-13-19-31-25-15-11-10-14-24(25)29-30-31/h10-11,14-15,32H,5-9,12-13,16-19H2,1-4H3/t28-/m1/s1. The summed E-state index contributed by atoms with van der Waals surface area (Å²) in [4.78, 5) is 0. The highest BCUT2D eigenvalue weighted by Crippen LogP contribution is 2.44. The van der Waals surface area contributed by atoms with Gasteiger partial charge in [-0.25, -0.2) is 4.68 Å². The molecule has 0 fully saturated rings. The number of benzene rings is 2. The third-order valence-corrected chi connectivity index (χ3v) is 7.59. The van der Waals surface area contributed by atoms with Gasteiger partial charge in [-0.15, -0.1) is 5.10 Å². The number of ether oxygens (including phenoxy) is 1. The van der Waals surface area contributed by atoms with Gasteiger partial charge in [-0.05, 0) is 88.6 Å². The first kappa shape index (κ1) is 23.6. The number of para-hydroxylation sites is 1. The number of unbranched alkanes of at least 4 members (excludes halogenated alkanes) is 6. The second kappa shape index (κ2) is 10.1. The number of hydrogen-bond acceptors (Lipinski definition) is 4. The number of phenols is 1. The van der Waals surface area contributed by atoms with Gasteiger partial charge in [-0.1, -0.05) is 49.5 Å². The van der Waals surface area contributed by atoms with Gasteiger partial charge in [0.25, 0.3) is 0 Å². The number of fused-ring (bicyclic) bond motifs is 2. The molecule has 3 aromatic rings. The van der Waals surface area contributed by atoms with Gasteiger partial charge in [0, 0.05) is 12.1 Å². The van der Waals surface area contributed by atoms with Crippen molar-refractivity contribution in [1.82, 2.24) is 15.0 Å². The van der Waals surface area contributed by atoms with E-state index in [0.29, 0.717) is 5.75 Å². The van der Waals surface area contributed by atoms with Crippen molar-refractivity contribution in [1.29, 1.82) is 0 Å². The molecule has 0 aliphatic carbocycles. The van der Waals surface area contributed by atoms with E-state index in [1.165, 1.54) is 44.1 Å². The van der Waals surface area contributed by atoms with E-state index >= 15 is 0 Å². The lowest BCUT2D eigenvalue weighted by Crippen LogP contribution is -2.37. The topological polar surface area (TPSA) is 60.2 Å². The van der Waals surface area contributed by atoms with E-state index in [1.54, 1.807) is 0 Å². The lowest BCUT2D eigenvalue weighted by atomic mass is 9.84. The van der Waals surface area contributed by atoms with Crippen LogP contribution in [0.5, 0.6) is 11.5 Å². The van der Waals surface area contributed by atoms with Crippen LogP contribution in [-0.4, -0.2) is 25.7 Å². The van der Waals surface area contributed by atoms with Crippen molar-refractivity contribution < 1.29 is 9.84 Å². The molecule has 5 nitrogen and oxygen atoms in total. The molecule has 5 heteroatoms. The van der Waals surface area contributed by atoms with Gasteiger partial charge < -0.3 is 9.84 Å². The number of hydrogen-bond donors (Lipinski definition) is 1.